The van der Waals surface area contributed by atoms with E-state index in [-0.39, 0.29) is 16.9 Å². The molecule has 1 aromatic rings. The molecule has 0 atom stereocenters. The number of unbranched alkanes of at least 4 members (excludes halogenated alkanes) is 2. The molecular formula is C26H46O12S2. The molecule has 40 heavy (non-hydrogen) atoms. The summed E-state index contributed by atoms with van der Waals surface area (Å²) in [5.74, 6) is 0.680. The van der Waals surface area contributed by atoms with Crippen molar-refractivity contribution in [1.29, 1.82) is 0 Å². The molecule has 0 unspecified atom stereocenters. The van der Waals surface area contributed by atoms with Gasteiger partial charge in [-0.1, -0.05) is 26.8 Å². The predicted octanol–water partition coefficient (Wildman–Crippen LogP) is 3.14. The number of hydrogen-bond acceptors (Lipinski definition) is 10. The molecular weight excluding hydrogens is 568 g/mol. The summed E-state index contributed by atoms with van der Waals surface area (Å²) in [5.41, 5.74) is 1.03. The van der Waals surface area contributed by atoms with E-state index < -0.39 is 20.2 Å². The minimum Gasteiger partial charge on any atom is -0.487 e. The van der Waals surface area contributed by atoms with Gasteiger partial charge in [-0.05, 0) is 48.8 Å². The summed E-state index contributed by atoms with van der Waals surface area (Å²) in [6, 6.07) is 5.84. The lowest BCUT2D eigenvalue weighted by atomic mass is 9.87. The van der Waals surface area contributed by atoms with Gasteiger partial charge in [0.05, 0.1) is 51.1 Å². The normalized spacial score (nSPS) is 12.5. The van der Waals surface area contributed by atoms with E-state index in [1.165, 1.54) is 0 Å². The maximum Gasteiger partial charge on any atom is 0.264 e. The van der Waals surface area contributed by atoms with Gasteiger partial charge < -0.3 is 28.4 Å². The lowest BCUT2D eigenvalue weighted by molar-refractivity contribution is 0.0324. The molecule has 0 radical (unpaired) electrons. The van der Waals surface area contributed by atoms with Crippen LogP contribution < -0.4 is 9.47 Å². The van der Waals surface area contributed by atoms with Gasteiger partial charge in [0.1, 0.15) is 13.2 Å². The Bertz CT molecular complexity index is 1020. The molecule has 0 fully saturated rings. The van der Waals surface area contributed by atoms with Crippen LogP contribution in [0.25, 0.3) is 0 Å². The number of benzene rings is 1. The zero-order valence-corrected chi connectivity index (χ0v) is 25.5. The highest BCUT2D eigenvalue weighted by molar-refractivity contribution is 7.86. The summed E-state index contributed by atoms with van der Waals surface area (Å²) in [6.07, 6.45) is 1.76. The van der Waals surface area contributed by atoms with Crippen molar-refractivity contribution in [2.24, 2.45) is 0 Å². The highest BCUT2D eigenvalue weighted by atomic mass is 32.2. The van der Waals surface area contributed by atoms with Gasteiger partial charge in [-0.2, -0.15) is 16.8 Å². The molecule has 0 aliphatic carbocycles. The first-order valence-electron chi connectivity index (χ1n) is 13.4. The number of rotatable bonds is 24. The molecule has 2 N–H and O–H groups in total. The van der Waals surface area contributed by atoms with Gasteiger partial charge in [0.25, 0.3) is 20.2 Å². The van der Waals surface area contributed by atoms with Gasteiger partial charge >= 0.3 is 0 Å². The molecule has 234 valence electrons. The highest BCUT2D eigenvalue weighted by Gasteiger charge is 2.17. The molecule has 0 saturated carbocycles. The summed E-state index contributed by atoms with van der Waals surface area (Å²) in [4.78, 5) is 0. The zero-order valence-electron chi connectivity index (χ0n) is 23.8. The third kappa shape index (κ3) is 20.4. The van der Waals surface area contributed by atoms with Crippen LogP contribution in [0.15, 0.2) is 18.2 Å². The third-order valence-electron chi connectivity index (χ3n) is 5.41. The molecule has 0 heterocycles. The van der Waals surface area contributed by atoms with Crippen molar-refractivity contribution in [3.63, 3.8) is 0 Å². The Labute approximate surface area is 239 Å². The molecule has 0 bridgehead atoms. The zero-order chi connectivity index (χ0) is 29.9. The second-order valence-corrected chi connectivity index (χ2v) is 13.2. The Morgan fingerprint density at radius 2 is 0.975 bits per heavy atom. The van der Waals surface area contributed by atoms with Crippen molar-refractivity contribution in [3.05, 3.63) is 23.8 Å². The molecule has 1 aromatic carbocycles. The second-order valence-electron chi connectivity index (χ2n) is 10.0. The van der Waals surface area contributed by atoms with Crippen molar-refractivity contribution in [3.8, 4) is 11.5 Å². The summed E-state index contributed by atoms with van der Waals surface area (Å²) >= 11 is 0. The van der Waals surface area contributed by atoms with Gasteiger partial charge in [-0.3, -0.25) is 9.11 Å². The Morgan fingerprint density at radius 1 is 0.575 bits per heavy atom. The molecule has 1 rings (SSSR count). The van der Waals surface area contributed by atoms with Crippen LogP contribution in [0.2, 0.25) is 0 Å². The first kappa shape index (κ1) is 36.5. The summed E-state index contributed by atoms with van der Waals surface area (Å²) < 4.78 is 93.6. The van der Waals surface area contributed by atoms with Gasteiger partial charge in [-0.15, -0.1) is 0 Å². The van der Waals surface area contributed by atoms with E-state index in [1.54, 1.807) is 0 Å². The van der Waals surface area contributed by atoms with Crippen molar-refractivity contribution in [1.82, 2.24) is 0 Å². The predicted molar refractivity (Wildman–Crippen MR) is 151 cm³/mol. The van der Waals surface area contributed by atoms with Gasteiger partial charge in [-0.25, -0.2) is 0 Å². The van der Waals surface area contributed by atoms with Crippen LogP contribution >= 0.6 is 0 Å². The average Bonchev–Trinajstić information content (AvgIpc) is 2.84. The first-order chi connectivity index (χ1) is 18.8. The monoisotopic (exact) mass is 614 g/mol. The van der Waals surface area contributed by atoms with Crippen LogP contribution in [0, 0.1) is 0 Å². The summed E-state index contributed by atoms with van der Waals surface area (Å²) in [7, 11) is -7.84. The lowest BCUT2D eigenvalue weighted by Crippen LogP contribution is -2.15. The molecule has 0 aliphatic heterocycles. The molecule has 14 heteroatoms. The van der Waals surface area contributed by atoms with Gasteiger partial charge in [0.15, 0.2) is 11.5 Å². The van der Waals surface area contributed by atoms with Crippen molar-refractivity contribution >= 4 is 20.2 Å². The fraction of sp³-hybridized carbons (Fsp3) is 0.769. The molecule has 0 spiro atoms. The van der Waals surface area contributed by atoms with Crippen LogP contribution in [0.1, 0.15) is 52.0 Å². The van der Waals surface area contributed by atoms with Gasteiger partial charge in [0, 0.05) is 13.2 Å². The fourth-order valence-corrected chi connectivity index (χ4v) is 4.39. The lowest BCUT2D eigenvalue weighted by Gasteiger charge is -2.21. The maximum atomic E-state index is 10.7. The van der Waals surface area contributed by atoms with Crippen LogP contribution in [0.5, 0.6) is 11.5 Å². The van der Waals surface area contributed by atoms with Crippen LogP contribution in [-0.4, -0.2) is 104 Å². The Hall–Kier alpha value is -1.52. The number of hydrogen-bond donors (Lipinski definition) is 2. The van der Waals surface area contributed by atoms with Crippen LogP contribution in [0.4, 0.5) is 0 Å². The smallest absolute Gasteiger partial charge is 0.264 e. The second kappa shape index (κ2) is 19.6. The largest absolute Gasteiger partial charge is 0.487 e. The van der Waals surface area contributed by atoms with E-state index in [4.69, 9.17) is 37.5 Å². The fourth-order valence-electron chi connectivity index (χ4n) is 3.25. The summed E-state index contributed by atoms with van der Waals surface area (Å²) in [5, 5.41) is 0. The van der Waals surface area contributed by atoms with Crippen molar-refractivity contribution in [2.75, 3.05) is 77.6 Å². The van der Waals surface area contributed by atoms with E-state index in [0.29, 0.717) is 103 Å². The molecule has 0 amide bonds. The highest BCUT2D eigenvalue weighted by Crippen LogP contribution is 2.33. The summed E-state index contributed by atoms with van der Waals surface area (Å²) in [6.45, 7) is 9.97. The molecule has 0 saturated heterocycles. The van der Waals surface area contributed by atoms with Crippen LogP contribution in [0.3, 0.4) is 0 Å². The minimum absolute atomic E-state index is 0.0681. The quantitative estimate of drug-likeness (QED) is 0.129. The van der Waals surface area contributed by atoms with E-state index in [0.717, 1.165) is 5.56 Å². The Balaban J connectivity index is 2.27. The maximum absolute atomic E-state index is 10.7. The van der Waals surface area contributed by atoms with E-state index >= 15 is 0 Å². The average molecular weight is 615 g/mol. The van der Waals surface area contributed by atoms with Crippen LogP contribution in [-0.2, 0) is 44.6 Å². The van der Waals surface area contributed by atoms with Crippen molar-refractivity contribution in [2.45, 2.75) is 51.9 Å². The standard InChI is InChI=1S/C26H46O12S2/c1-26(2,3)23-8-9-24(37-18-16-35-14-12-33-10-4-6-20-39(27,28)29)25(22-23)38-19-17-36-15-13-34-11-5-7-21-40(30,31)32/h8-9,22H,4-7,10-21H2,1-3H3,(H,27,28,29)(H,30,31,32). The SMILES string of the molecule is CC(C)(C)c1ccc(OCCOCCOCCCCS(=O)(=O)O)c(OCCOCCOCCCCS(=O)(=O)O)c1. The van der Waals surface area contributed by atoms with Crippen molar-refractivity contribution < 1.29 is 54.4 Å². The van der Waals surface area contributed by atoms with E-state index in [9.17, 15) is 16.8 Å². The molecule has 12 nitrogen and oxygen atoms in total. The van der Waals surface area contributed by atoms with E-state index in [2.05, 4.69) is 20.8 Å². The minimum atomic E-state index is -3.92. The van der Waals surface area contributed by atoms with E-state index in [1.807, 2.05) is 18.2 Å². The Kier molecular flexibility index (Phi) is 17.9. The van der Waals surface area contributed by atoms with Gasteiger partial charge in [0.2, 0.25) is 0 Å². The molecule has 0 aromatic heterocycles. The molecule has 0 aliphatic rings. The topological polar surface area (TPSA) is 164 Å². The Morgan fingerprint density at radius 3 is 1.40 bits per heavy atom. The third-order valence-corrected chi connectivity index (χ3v) is 7.02. The first-order valence-corrected chi connectivity index (χ1v) is 16.6. The number of ether oxygens (including phenoxy) is 6.